The van der Waals surface area contributed by atoms with Crippen molar-refractivity contribution in [3.05, 3.63) is 101 Å². The summed E-state index contributed by atoms with van der Waals surface area (Å²) < 4.78 is 31.7. The van der Waals surface area contributed by atoms with E-state index in [-0.39, 0.29) is 5.91 Å². The second-order valence-electron chi connectivity index (χ2n) is 7.57. The predicted octanol–water partition coefficient (Wildman–Crippen LogP) is 4.05. The molecule has 0 fully saturated rings. The van der Waals surface area contributed by atoms with Gasteiger partial charge in [0.1, 0.15) is 0 Å². The molecule has 2 heterocycles. The predicted molar refractivity (Wildman–Crippen MR) is 116 cm³/mol. The van der Waals surface area contributed by atoms with Crippen molar-refractivity contribution in [3.8, 4) is 0 Å². The molecule has 1 atom stereocenters. The molecule has 34 heavy (non-hydrogen) atoms. The standard InChI is InChI=1S/C22H17N3O2.C2HF3O2/c26-21-18-8-4-5-9-19(18)22(27,25(21)14-15-6-2-1-3-7-15)17-11-10-16-13-23-24-20(16)12-17;3-2(4,5)1(6)7/h1-13,27H,14H2,(H,23,24);(H,6,7). The molecule has 1 aliphatic heterocycles. The number of H-pyrrole nitrogens is 1. The first-order valence-electron chi connectivity index (χ1n) is 10.0. The molecule has 174 valence electrons. The van der Waals surface area contributed by atoms with E-state index in [2.05, 4.69) is 10.2 Å². The number of hydrogen-bond donors (Lipinski definition) is 3. The quantitative estimate of drug-likeness (QED) is 0.420. The Morgan fingerprint density at radius 1 is 1.03 bits per heavy atom. The maximum Gasteiger partial charge on any atom is 0.490 e. The number of nitrogens with one attached hydrogen (secondary N) is 1. The Bertz CT molecular complexity index is 1350. The monoisotopic (exact) mass is 469 g/mol. The number of fused-ring (bicyclic) bond motifs is 2. The van der Waals surface area contributed by atoms with Crippen molar-refractivity contribution in [2.45, 2.75) is 18.4 Å². The molecule has 0 spiro atoms. The van der Waals surface area contributed by atoms with Gasteiger partial charge in [0.25, 0.3) is 5.91 Å². The van der Waals surface area contributed by atoms with Gasteiger partial charge in [0.2, 0.25) is 0 Å². The van der Waals surface area contributed by atoms with Crippen LogP contribution in [-0.2, 0) is 17.1 Å². The number of carbonyl (C=O) groups is 2. The van der Waals surface area contributed by atoms with Crippen LogP contribution in [0.15, 0.2) is 79.0 Å². The second kappa shape index (κ2) is 8.64. The summed E-state index contributed by atoms with van der Waals surface area (Å²) in [4.78, 5) is 23.6. The number of benzene rings is 3. The first kappa shape index (κ1) is 23.0. The van der Waals surface area contributed by atoms with Crippen LogP contribution in [0.2, 0.25) is 0 Å². The molecule has 0 radical (unpaired) electrons. The van der Waals surface area contributed by atoms with E-state index in [1.54, 1.807) is 12.3 Å². The number of aromatic nitrogens is 2. The fourth-order valence-corrected chi connectivity index (χ4v) is 3.83. The molecule has 4 aromatic rings. The van der Waals surface area contributed by atoms with Gasteiger partial charge >= 0.3 is 12.1 Å². The number of aliphatic hydroxyl groups is 1. The van der Waals surface area contributed by atoms with Gasteiger partial charge in [0.05, 0.1) is 11.7 Å². The third-order valence-electron chi connectivity index (χ3n) is 5.44. The van der Waals surface area contributed by atoms with Gasteiger partial charge in [-0.1, -0.05) is 60.7 Å². The summed E-state index contributed by atoms with van der Waals surface area (Å²) in [5.41, 5.74) is 2.00. The molecule has 5 rings (SSSR count). The minimum absolute atomic E-state index is 0.179. The van der Waals surface area contributed by atoms with Crippen molar-refractivity contribution < 1.29 is 33.0 Å². The third kappa shape index (κ3) is 4.11. The maximum absolute atomic E-state index is 13.1. The highest BCUT2D eigenvalue weighted by Gasteiger charge is 2.49. The Morgan fingerprint density at radius 2 is 1.68 bits per heavy atom. The molecule has 0 aliphatic carbocycles. The lowest BCUT2D eigenvalue weighted by Gasteiger charge is -2.35. The van der Waals surface area contributed by atoms with Crippen molar-refractivity contribution >= 4 is 22.8 Å². The molecule has 10 heteroatoms. The molecule has 1 aliphatic rings. The molecule has 1 unspecified atom stereocenters. The Labute approximate surface area is 191 Å². The fraction of sp³-hybridized carbons (Fsp3) is 0.125. The second-order valence-corrected chi connectivity index (χ2v) is 7.57. The van der Waals surface area contributed by atoms with E-state index in [0.29, 0.717) is 23.2 Å². The third-order valence-corrected chi connectivity index (χ3v) is 5.44. The van der Waals surface area contributed by atoms with Crippen LogP contribution in [0.25, 0.3) is 10.9 Å². The molecular formula is C24H18F3N3O4. The van der Waals surface area contributed by atoms with Crippen molar-refractivity contribution in [2.75, 3.05) is 0 Å². The number of carbonyl (C=O) groups excluding carboxylic acids is 1. The zero-order chi connectivity index (χ0) is 24.5. The molecular weight excluding hydrogens is 451 g/mol. The summed E-state index contributed by atoms with van der Waals surface area (Å²) >= 11 is 0. The van der Waals surface area contributed by atoms with E-state index in [1.807, 2.05) is 66.7 Å². The molecule has 0 saturated heterocycles. The number of rotatable bonds is 3. The number of aromatic amines is 1. The van der Waals surface area contributed by atoms with Gasteiger partial charge in [-0.05, 0) is 17.7 Å². The highest BCUT2D eigenvalue weighted by atomic mass is 19.4. The van der Waals surface area contributed by atoms with Crippen LogP contribution in [0.1, 0.15) is 27.0 Å². The minimum atomic E-state index is -5.08. The summed E-state index contributed by atoms with van der Waals surface area (Å²) in [5.74, 6) is -2.94. The summed E-state index contributed by atoms with van der Waals surface area (Å²) in [6, 6.07) is 22.6. The number of aliphatic carboxylic acids is 1. The van der Waals surface area contributed by atoms with E-state index >= 15 is 0 Å². The first-order valence-corrected chi connectivity index (χ1v) is 10.0. The Kier molecular flexibility index (Phi) is 5.84. The van der Waals surface area contributed by atoms with E-state index in [9.17, 15) is 23.1 Å². The number of alkyl halides is 3. The number of carboxylic acids is 1. The molecule has 0 saturated carbocycles. The molecule has 3 N–H and O–H groups in total. The van der Waals surface area contributed by atoms with E-state index < -0.39 is 17.9 Å². The number of hydrogen-bond acceptors (Lipinski definition) is 4. The van der Waals surface area contributed by atoms with E-state index in [1.165, 1.54) is 4.90 Å². The Hall–Kier alpha value is -4.18. The average molecular weight is 469 g/mol. The van der Waals surface area contributed by atoms with Crippen LogP contribution in [0.5, 0.6) is 0 Å². The van der Waals surface area contributed by atoms with Gasteiger partial charge in [0, 0.05) is 28.6 Å². The average Bonchev–Trinajstić information content (AvgIpc) is 3.37. The van der Waals surface area contributed by atoms with Crippen LogP contribution >= 0.6 is 0 Å². The van der Waals surface area contributed by atoms with Gasteiger partial charge in [-0.15, -0.1) is 0 Å². The number of amides is 1. The van der Waals surface area contributed by atoms with Gasteiger partial charge in [-0.25, -0.2) is 4.79 Å². The summed E-state index contributed by atoms with van der Waals surface area (Å²) in [6.07, 6.45) is -3.35. The lowest BCUT2D eigenvalue weighted by molar-refractivity contribution is -0.192. The number of carboxylic acid groups (broad SMARTS) is 1. The Morgan fingerprint density at radius 3 is 2.35 bits per heavy atom. The normalized spacial score (nSPS) is 17.3. The van der Waals surface area contributed by atoms with Crippen LogP contribution in [0.3, 0.4) is 0 Å². The van der Waals surface area contributed by atoms with Crippen molar-refractivity contribution in [3.63, 3.8) is 0 Å². The number of nitrogens with zero attached hydrogens (tertiary/aromatic N) is 2. The van der Waals surface area contributed by atoms with Crippen molar-refractivity contribution in [1.82, 2.24) is 15.1 Å². The van der Waals surface area contributed by atoms with Gasteiger partial charge < -0.3 is 10.2 Å². The maximum atomic E-state index is 13.1. The largest absolute Gasteiger partial charge is 0.490 e. The highest BCUT2D eigenvalue weighted by molar-refractivity contribution is 6.00. The van der Waals surface area contributed by atoms with Crippen molar-refractivity contribution in [1.29, 1.82) is 0 Å². The smallest absolute Gasteiger partial charge is 0.475 e. The topological polar surface area (TPSA) is 107 Å². The molecule has 3 aromatic carbocycles. The lowest BCUT2D eigenvalue weighted by atomic mass is 9.93. The van der Waals surface area contributed by atoms with Gasteiger partial charge in [0.15, 0.2) is 5.72 Å². The van der Waals surface area contributed by atoms with Crippen LogP contribution in [-0.4, -0.2) is 43.4 Å². The highest BCUT2D eigenvalue weighted by Crippen LogP contribution is 2.43. The summed E-state index contributed by atoms with van der Waals surface area (Å²) in [6.45, 7) is 0.311. The summed E-state index contributed by atoms with van der Waals surface area (Å²) in [7, 11) is 0. The molecule has 7 nitrogen and oxygen atoms in total. The van der Waals surface area contributed by atoms with Gasteiger partial charge in [-0.3, -0.25) is 14.8 Å². The molecule has 0 bridgehead atoms. The van der Waals surface area contributed by atoms with E-state index in [4.69, 9.17) is 9.90 Å². The van der Waals surface area contributed by atoms with Gasteiger partial charge in [-0.2, -0.15) is 18.3 Å². The zero-order valence-corrected chi connectivity index (χ0v) is 17.5. The molecule has 1 aromatic heterocycles. The zero-order valence-electron chi connectivity index (χ0n) is 17.5. The fourth-order valence-electron chi connectivity index (χ4n) is 3.83. The lowest BCUT2D eigenvalue weighted by Crippen LogP contribution is -2.44. The summed E-state index contributed by atoms with van der Waals surface area (Å²) in [5, 5.41) is 26.9. The van der Waals surface area contributed by atoms with Crippen LogP contribution < -0.4 is 0 Å². The van der Waals surface area contributed by atoms with Crippen LogP contribution in [0.4, 0.5) is 13.2 Å². The Balaban J connectivity index is 0.000000344. The van der Waals surface area contributed by atoms with Crippen LogP contribution in [0, 0.1) is 0 Å². The molecule has 1 amide bonds. The van der Waals surface area contributed by atoms with Crippen molar-refractivity contribution in [2.24, 2.45) is 0 Å². The van der Waals surface area contributed by atoms with E-state index in [0.717, 1.165) is 16.5 Å². The SMILES string of the molecule is O=C(O)C(F)(F)F.O=C1c2ccccc2C(O)(c2ccc3cn[nH]c3c2)N1Cc1ccccc1. The first-order chi connectivity index (χ1) is 16.1. The minimum Gasteiger partial charge on any atom is -0.475 e. The number of halogens is 3.